The average Bonchev–Trinajstić information content (AvgIpc) is 3.05. The fourth-order valence-electron chi connectivity index (χ4n) is 2.62. The Morgan fingerprint density at radius 2 is 1.74 bits per heavy atom. The number of nitrogens with one attached hydrogen (secondary N) is 1. The summed E-state index contributed by atoms with van der Waals surface area (Å²) in [4.78, 5) is 0. The van der Waals surface area contributed by atoms with Gasteiger partial charge in [0, 0.05) is 24.5 Å². The van der Waals surface area contributed by atoms with Gasteiger partial charge in [-0.2, -0.15) is 5.10 Å². The molecule has 0 spiro atoms. The first-order chi connectivity index (χ1) is 11.1. The van der Waals surface area contributed by atoms with E-state index in [1.54, 1.807) is 27.5 Å². The predicted octanol–water partition coefficient (Wildman–Crippen LogP) is 2.65. The third-order valence-corrected chi connectivity index (χ3v) is 3.74. The highest BCUT2D eigenvalue weighted by molar-refractivity contribution is 5.54. The molecule has 2 rings (SSSR count). The molecule has 0 saturated carbocycles. The highest BCUT2D eigenvalue weighted by atomic mass is 16.5. The maximum absolute atomic E-state index is 5.41. The van der Waals surface area contributed by atoms with E-state index < -0.39 is 0 Å². The fraction of sp³-hybridized carbons (Fsp3) is 0.471. The third-order valence-electron chi connectivity index (χ3n) is 3.74. The molecule has 2 aromatic rings. The lowest BCUT2D eigenvalue weighted by molar-refractivity contribution is 0.322. The van der Waals surface area contributed by atoms with Crippen LogP contribution < -0.4 is 19.5 Å². The van der Waals surface area contributed by atoms with E-state index in [1.807, 2.05) is 29.1 Å². The first-order valence-corrected chi connectivity index (χ1v) is 7.62. The standard InChI is InChI=1S/C17H25N3O3/c1-12(11-20-8-6-7-18-20)19-13(2)14-9-15(21-3)17(23-5)16(10-14)22-4/h6-10,12-13,19H,11H2,1-5H3. The second-order valence-corrected chi connectivity index (χ2v) is 5.48. The Morgan fingerprint density at radius 1 is 1.09 bits per heavy atom. The van der Waals surface area contributed by atoms with Gasteiger partial charge in [-0.3, -0.25) is 4.68 Å². The van der Waals surface area contributed by atoms with Crippen molar-refractivity contribution in [2.45, 2.75) is 32.5 Å². The van der Waals surface area contributed by atoms with Crippen molar-refractivity contribution in [3.05, 3.63) is 36.2 Å². The van der Waals surface area contributed by atoms with Gasteiger partial charge < -0.3 is 19.5 Å². The molecule has 0 fully saturated rings. The van der Waals surface area contributed by atoms with Crippen molar-refractivity contribution in [2.75, 3.05) is 21.3 Å². The number of methoxy groups -OCH3 is 3. The summed E-state index contributed by atoms with van der Waals surface area (Å²) in [6, 6.07) is 6.27. The second-order valence-electron chi connectivity index (χ2n) is 5.48. The van der Waals surface area contributed by atoms with Gasteiger partial charge in [-0.25, -0.2) is 0 Å². The van der Waals surface area contributed by atoms with Gasteiger partial charge in [0.05, 0.1) is 27.9 Å². The quantitative estimate of drug-likeness (QED) is 0.810. The van der Waals surface area contributed by atoms with E-state index in [0.717, 1.165) is 12.1 Å². The minimum absolute atomic E-state index is 0.134. The molecule has 0 saturated heterocycles. The number of ether oxygens (including phenoxy) is 3. The largest absolute Gasteiger partial charge is 0.493 e. The van der Waals surface area contributed by atoms with Crippen molar-refractivity contribution in [3.8, 4) is 17.2 Å². The monoisotopic (exact) mass is 319 g/mol. The smallest absolute Gasteiger partial charge is 0.203 e. The highest BCUT2D eigenvalue weighted by Gasteiger charge is 2.17. The molecule has 2 atom stereocenters. The summed E-state index contributed by atoms with van der Waals surface area (Å²) >= 11 is 0. The number of hydrogen-bond acceptors (Lipinski definition) is 5. The Bertz CT molecular complexity index is 589. The SMILES string of the molecule is COc1cc(C(C)NC(C)Cn2cccn2)cc(OC)c1OC. The van der Waals surface area contributed by atoms with Gasteiger partial charge in [-0.05, 0) is 37.6 Å². The lowest BCUT2D eigenvalue weighted by Gasteiger charge is -2.22. The summed E-state index contributed by atoms with van der Waals surface area (Å²) in [5, 5.41) is 7.80. The Labute approximate surface area is 137 Å². The molecule has 0 bridgehead atoms. The maximum Gasteiger partial charge on any atom is 0.203 e. The molecule has 0 radical (unpaired) electrons. The zero-order valence-electron chi connectivity index (χ0n) is 14.4. The molecule has 1 aromatic heterocycles. The van der Waals surface area contributed by atoms with Crippen molar-refractivity contribution < 1.29 is 14.2 Å². The molecular weight excluding hydrogens is 294 g/mol. The van der Waals surface area contributed by atoms with E-state index >= 15 is 0 Å². The predicted molar refractivity (Wildman–Crippen MR) is 89.3 cm³/mol. The van der Waals surface area contributed by atoms with Gasteiger partial charge in [-0.1, -0.05) is 0 Å². The summed E-state index contributed by atoms with van der Waals surface area (Å²) in [5.74, 6) is 1.93. The van der Waals surface area contributed by atoms with E-state index in [9.17, 15) is 0 Å². The molecule has 2 unspecified atom stereocenters. The van der Waals surface area contributed by atoms with Crippen LogP contribution in [0.1, 0.15) is 25.5 Å². The summed E-state index contributed by atoms with van der Waals surface area (Å²) in [5.41, 5.74) is 1.08. The van der Waals surface area contributed by atoms with Crippen molar-refractivity contribution in [1.29, 1.82) is 0 Å². The van der Waals surface area contributed by atoms with Crippen molar-refractivity contribution in [2.24, 2.45) is 0 Å². The Morgan fingerprint density at radius 3 is 2.22 bits per heavy atom. The van der Waals surface area contributed by atoms with Crippen molar-refractivity contribution in [3.63, 3.8) is 0 Å². The minimum Gasteiger partial charge on any atom is -0.493 e. The Kier molecular flexibility index (Phi) is 5.87. The molecule has 0 amide bonds. The third kappa shape index (κ3) is 4.16. The molecule has 0 aliphatic rings. The lowest BCUT2D eigenvalue weighted by atomic mass is 10.1. The van der Waals surface area contributed by atoms with Crippen LogP contribution in [0, 0.1) is 0 Å². The molecule has 126 valence electrons. The first-order valence-electron chi connectivity index (χ1n) is 7.62. The van der Waals surface area contributed by atoms with E-state index in [4.69, 9.17) is 14.2 Å². The zero-order valence-corrected chi connectivity index (χ0v) is 14.4. The Balaban J connectivity index is 2.13. The number of aromatic nitrogens is 2. The van der Waals surface area contributed by atoms with Gasteiger partial charge in [0.2, 0.25) is 5.75 Å². The molecule has 6 heteroatoms. The van der Waals surface area contributed by atoms with Gasteiger partial charge in [0.25, 0.3) is 0 Å². The molecule has 1 heterocycles. The van der Waals surface area contributed by atoms with Crippen LogP contribution >= 0.6 is 0 Å². The van der Waals surface area contributed by atoms with Crippen LogP contribution in [0.2, 0.25) is 0 Å². The minimum atomic E-state index is 0.134. The topological polar surface area (TPSA) is 57.5 Å². The van der Waals surface area contributed by atoms with Crippen LogP contribution in [0.15, 0.2) is 30.6 Å². The van der Waals surface area contributed by atoms with Crippen LogP contribution in [0.3, 0.4) is 0 Å². The van der Waals surface area contributed by atoms with Gasteiger partial charge in [0.15, 0.2) is 11.5 Å². The Hall–Kier alpha value is -2.21. The van der Waals surface area contributed by atoms with Gasteiger partial charge >= 0.3 is 0 Å². The summed E-state index contributed by atoms with van der Waals surface area (Å²) in [6.07, 6.45) is 3.75. The second kappa shape index (κ2) is 7.87. The summed E-state index contributed by atoms with van der Waals surface area (Å²) < 4.78 is 18.1. The lowest BCUT2D eigenvalue weighted by Crippen LogP contribution is -2.32. The van der Waals surface area contributed by atoms with Crippen LogP contribution in [0.25, 0.3) is 0 Å². The number of hydrogen-bond donors (Lipinski definition) is 1. The maximum atomic E-state index is 5.41. The van der Waals surface area contributed by atoms with E-state index in [2.05, 4.69) is 24.3 Å². The van der Waals surface area contributed by atoms with E-state index in [1.165, 1.54) is 0 Å². The highest BCUT2D eigenvalue weighted by Crippen LogP contribution is 2.39. The number of benzene rings is 1. The van der Waals surface area contributed by atoms with Crippen LogP contribution in [0.5, 0.6) is 17.2 Å². The summed E-state index contributed by atoms with van der Waals surface area (Å²) in [6.45, 7) is 5.05. The zero-order chi connectivity index (χ0) is 16.8. The average molecular weight is 319 g/mol. The molecule has 0 aliphatic heterocycles. The molecule has 1 N–H and O–H groups in total. The summed E-state index contributed by atoms with van der Waals surface area (Å²) in [7, 11) is 4.85. The van der Waals surface area contributed by atoms with E-state index in [0.29, 0.717) is 17.2 Å². The number of nitrogens with zero attached hydrogens (tertiary/aromatic N) is 2. The molecule has 0 aliphatic carbocycles. The van der Waals surface area contributed by atoms with Crippen LogP contribution in [-0.2, 0) is 6.54 Å². The van der Waals surface area contributed by atoms with Crippen molar-refractivity contribution >= 4 is 0 Å². The first kappa shape index (κ1) is 17.1. The molecule has 6 nitrogen and oxygen atoms in total. The van der Waals surface area contributed by atoms with E-state index in [-0.39, 0.29) is 12.1 Å². The van der Waals surface area contributed by atoms with Crippen LogP contribution in [-0.4, -0.2) is 37.2 Å². The molecule has 1 aromatic carbocycles. The van der Waals surface area contributed by atoms with Gasteiger partial charge in [0.1, 0.15) is 0 Å². The normalized spacial score (nSPS) is 13.4. The van der Waals surface area contributed by atoms with Gasteiger partial charge in [-0.15, -0.1) is 0 Å². The molecule has 23 heavy (non-hydrogen) atoms. The molecular formula is C17H25N3O3. The van der Waals surface area contributed by atoms with Crippen molar-refractivity contribution in [1.82, 2.24) is 15.1 Å². The fourth-order valence-corrected chi connectivity index (χ4v) is 2.62. The number of rotatable bonds is 8. The van der Waals surface area contributed by atoms with Crippen LogP contribution in [0.4, 0.5) is 0 Å².